The molecular formula is C21H17ClN2O4S. The van der Waals surface area contributed by atoms with E-state index in [1.54, 1.807) is 37.3 Å². The van der Waals surface area contributed by atoms with E-state index in [0.717, 1.165) is 5.76 Å². The maximum absolute atomic E-state index is 13.3. The van der Waals surface area contributed by atoms with Gasteiger partial charge < -0.3 is 9.15 Å². The highest BCUT2D eigenvalue weighted by Gasteiger charge is 2.34. The molecule has 0 amide bonds. The third kappa shape index (κ3) is 3.36. The first-order chi connectivity index (χ1) is 13.9. The van der Waals surface area contributed by atoms with Crippen LogP contribution in [0.1, 0.15) is 30.0 Å². The lowest BCUT2D eigenvalue weighted by molar-refractivity contribution is -0.136. The fraction of sp³-hybridized carbons (Fsp3) is 0.190. The molecule has 148 valence electrons. The van der Waals surface area contributed by atoms with E-state index in [0.29, 0.717) is 31.4 Å². The van der Waals surface area contributed by atoms with Crippen molar-refractivity contribution in [1.82, 2.24) is 4.57 Å². The second-order valence-electron chi connectivity index (χ2n) is 6.54. The number of ether oxygens (including phenoxy) is 1. The van der Waals surface area contributed by atoms with E-state index in [-0.39, 0.29) is 11.1 Å². The van der Waals surface area contributed by atoms with Gasteiger partial charge in [-0.05, 0) is 37.6 Å². The molecule has 29 heavy (non-hydrogen) atoms. The lowest BCUT2D eigenvalue weighted by Gasteiger charge is -2.25. The van der Waals surface area contributed by atoms with Gasteiger partial charge in [-0.2, -0.15) is 0 Å². The van der Waals surface area contributed by atoms with E-state index in [4.69, 9.17) is 20.8 Å². The van der Waals surface area contributed by atoms with Gasteiger partial charge in [0.05, 0.1) is 22.9 Å². The molecular weight excluding hydrogens is 412 g/mol. The Bertz CT molecular complexity index is 1330. The van der Waals surface area contributed by atoms with Crippen molar-refractivity contribution in [3.05, 3.63) is 89.5 Å². The molecule has 8 heteroatoms. The van der Waals surface area contributed by atoms with Gasteiger partial charge in [-0.15, -0.1) is 0 Å². The van der Waals surface area contributed by atoms with Crippen LogP contribution in [-0.2, 0) is 9.53 Å². The maximum atomic E-state index is 13.3. The van der Waals surface area contributed by atoms with Crippen LogP contribution in [0, 0.1) is 6.92 Å². The third-order valence-electron chi connectivity index (χ3n) is 4.66. The molecule has 0 spiro atoms. The van der Waals surface area contributed by atoms with Gasteiger partial charge in [-0.25, -0.2) is 9.79 Å². The van der Waals surface area contributed by atoms with E-state index < -0.39 is 12.0 Å². The zero-order valence-corrected chi connectivity index (χ0v) is 17.5. The molecule has 0 fully saturated rings. The molecule has 6 nitrogen and oxygen atoms in total. The normalized spacial score (nSPS) is 16.6. The Labute approximate surface area is 175 Å². The molecule has 0 saturated carbocycles. The van der Waals surface area contributed by atoms with Gasteiger partial charge in [0.1, 0.15) is 17.6 Å². The maximum Gasteiger partial charge on any atom is 0.338 e. The Morgan fingerprint density at radius 2 is 2.03 bits per heavy atom. The topological polar surface area (TPSA) is 73.8 Å². The fourth-order valence-electron chi connectivity index (χ4n) is 3.34. The highest BCUT2D eigenvalue weighted by Crippen LogP contribution is 2.34. The lowest BCUT2D eigenvalue weighted by Crippen LogP contribution is -2.39. The summed E-state index contributed by atoms with van der Waals surface area (Å²) in [7, 11) is 1.30. The number of benzene rings is 1. The monoisotopic (exact) mass is 428 g/mol. The minimum absolute atomic E-state index is 0.276. The number of fused-ring (bicyclic) bond motifs is 1. The van der Waals surface area contributed by atoms with Crippen LogP contribution >= 0.6 is 22.9 Å². The Morgan fingerprint density at radius 1 is 1.28 bits per heavy atom. The van der Waals surface area contributed by atoms with Crippen molar-refractivity contribution in [1.29, 1.82) is 0 Å². The molecule has 3 heterocycles. The Kier molecular flexibility index (Phi) is 5.02. The lowest BCUT2D eigenvalue weighted by atomic mass is 9.96. The van der Waals surface area contributed by atoms with Crippen LogP contribution in [0.15, 0.2) is 61.9 Å². The first-order valence-electron chi connectivity index (χ1n) is 8.82. The molecule has 0 N–H and O–H groups in total. The largest absolute Gasteiger partial charge is 0.466 e. The summed E-state index contributed by atoms with van der Waals surface area (Å²) in [6.45, 7) is 3.56. The van der Waals surface area contributed by atoms with Crippen molar-refractivity contribution in [2.24, 2.45) is 4.99 Å². The highest BCUT2D eigenvalue weighted by molar-refractivity contribution is 7.07. The molecule has 0 radical (unpaired) electrons. The average Bonchev–Trinajstić information content (AvgIpc) is 3.24. The smallest absolute Gasteiger partial charge is 0.338 e. The fourth-order valence-corrected chi connectivity index (χ4v) is 4.61. The summed E-state index contributed by atoms with van der Waals surface area (Å²) >= 11 is 7.67. The van der Waals surface area contributed by atoms with Gasteiger partial charge in [-0.1, -0.05) is 41.1 Å². The summed E-state index contributed by atoms with van der Waals surface area (Å²) in [4.78, 5) is 30.9. The molecule has 1 atom stereocenters. The van der Waals surface area contributed by atoms with Crippen LogP contribution < -0.4 is 14.9 Å². The summed E-state index contributed by atoms with van der Waals surface area (Å²) in [6.07, 6.45) is 1.68. The van der Waals surface area contributed by atoms with Crippen molar-refractivity contribution < 1.29 is 13.9 Å². The standard InChI is InChI=1S/C21H17ClN2O4S/c1-11-8-9-13(28-11)10-16-19(25)24-18(14-6-4-5-7-15(14)22)17(20(26)27-3)12(2)23-21(24)29-16/h4-10,18H,1-3H3/t18-/m0/s1. The minimum atomic E-state index is -0.729. The van der Waals surface area contributed by atoms with Gasteiger partial charge in [-0.3, -0.25) is 9.36 Å². The first-order valence-corrected chi connectivity index (χ1v) is 10.0. The quantitative estimate of drug-likeness (QED) is 0.601. The number of carbonyl (C=O) groups is 1. The number of rotatable bonds is 3. The molecule has 2 aromatic heterocycles. The van der Waals surface area contributed by atoms with Crippen LogP contribution in [-0.4, -0.2) is 17.6 Å². The van der Waals surface area contributed by atoms with Crippen molar-refractivity contribution in [2.75, 3.05) is 7.11 Å². The van der Waals surface area contributed by atoms with E-state index in [9.17, 15) is 9.59 Å². The number of methoxy groups -OCH3 is 1. The number of furan rings is 1. The van der Waals surface area contributed by atoms with Crippen LogP contribution in [0.4, 0.5) is 0 Å². The number of allylic oxidation sites excluding steroid dienone is 1. The Balaban J connectivity index is 2.01. The molecule has 0 unspecified atom stereocenters. The number of thiazole rings is 1. The SMILES string of the molecule is COC(=O)C1=C(C)N=c2sc(=Cc3ccc(C)o3)c(=O)n2[C@H]1c1ccccc1Cl. The van der Waals surface area contributed by atoms with Crippen molar-refractivity contribution >= 4 is 35.0 Å². The second-order valence-corrected chi connectivity index (χ2v) is 7.96. The summed E-state index contributed by atoms with van der Waals surface area (Å²) in [5, 5.41) is 0.449. The molecule has 0 aliphatic carbocycles. The highest BCUT2D eigenvalue weighted by atomic mass is 35.5. The number of carbonyl (C=O) groups excluding carboxylic acids is 1. The second kappa shape index (κ2) is 7.50. The number of hydrogen-bond acceptors (Lipinski definition) is 6. The molecule has 0 bridgehead atoms. The third-order valence-corrected chi connectivity index (χ3v) is 5.99. The molecule has 1 aliphatic rings. The average molecular weight is 429 g/mol. The predicted octanol–water partition coefficient (Wildman–Crippen LogP) is 2.96. The van der Waals surface area contributed by atoms with E-state index >= 15 is 0 Å². The van der Waals surface area contributed by atoms with Crippen molar-refractivity contribution in [3.8, 4) is 0 Å². The van der Waals surface area contributed by atoms with Gasteiger partial charge in [0.25, 0.3) is 5.56 Å². The number of aromatic nitrogens is 1. The zero-order valence-electron chi connectivity index (χ0n) is 15.9. The van der Waals surface area contributed by atoms with Crippen molar-refractivity contribution in [3.63, 3.8) is 0 Å². The summed E-state index contributed by atoms with van der Waals surface area (Å²) in [5.74, 6) is 0.778. The number of nitrogens with zero attached hydrogens (tertiary/aromatic N) is 2. The molecule has 1 aromatic carbocycles. The van der Waals surface area contributed by atoms with Gasteiger partial charge in [0.15, 0.2) is 4.80 Å². The van der Waals surface area contributed by atoms with E-state index in [1.807, 2.05) is 19.1 Å². The van der Waals surface area contributed by atoms with Crippen LogP contribution in [0.2, 0.25) is 5.02 Å². The molecule has 1 aliphatic heterocycles. The van der Waals surface area contributed by atoms with Crippen LogP contribution in [0.5, 0.6) is 0 Å². The number of halogens is 1. The van der Waals surface area contributed by atoms with Crippen molar-refractivity contribution in [2.45, 2.75) is 19.9 Å². The summed E-state index contributed by atoms with van der Waals surface area (Å²) in [5.41, 5.74) is 1.13. The predicted molar refractivity (Wildman–Crippen MR) is 111 cm³/mol. The van der Waals surface area contributed by atoms with E-state index in [2.05, 4.69) is 4.99 Å². The van der Waals surface area contributed by atoms with Crippen LogP contribution in [0.25, 0.3) is 6.08 Å². The number of aryl methyl sites for hydroxylation is 1. The van der Waals surface area contributed by atoms with Gasteiger partial charge >= 0.3 is 5.97 Å². The number of hydrogen-bond donors (Lipinski definition) is 0. The molecule has 3 aromatic rings. The van der Waals surface area contributed by atoms with Crippen LogP contribution in [0.3, 0.4) is 0 Å². The summed E-state index contributed by atoms with van der Waals surface area (Å²) < 4.78 is 12.5. The van der Waals surface area contributed by atoms with Gasteiger partial charge in [0, 0.05) is 11.1 Å². The molecule has 4 rings (SSSR count). The Morgan fingerprint density at radius 3 is 2.69 bits per heavy atom. The van der Waals surface area contributed by atoms with E-state index in [1.165, 1.54) is 23.0 Å². The molecule has 0 saturated heterocycles. The summed E-state index contributed by atoms with van der Waals surface area (Å²) in [6, 6.07) is 10.0. The van der Waals surface area contributed by atoms with Gasteiger partial charge in [0.2, 0.25) is 0 Å². The first kappa shape index (κ1) is 19.4. The minimum Gasteiger partial charge on any atom is -0.466 e. The number of esters is 1. The zero-order chi connectivity index (χ0) is 20.7. The Hall–Kier alpha value is -2.90.